The molecule has 1 N–H and O–H groups in total. The van der Waals surface area contributed by atoms with E-state index in [0.717, 1.165) is 49.2 Å². The van der Waals surface area contributed by atoms with E-state index in [9.17, 15) is 4.79 Å². The highest BCUT2D eigenvalue weighted by atomic mass is 32.1. The van der Waals surface area contributed by atoms with Crippen LogP contribution < -0.4 is 10.1 Å². The quantitative estimate of drug-likeness (QED) is 0.710. The lowest BCUT2D eigenvalue weighted by Gasteiger charge is -2.33. The summed E-state index contributed by atoms with van der Waals surface area (Å²) in [6.45, 7) is 2.08. The van der Waals surface area contributed by atoms with Gasteiger partial charge in [-0.1, -0.05) is 30.3 Å². The van der Waals surface area contributed by atoms with Gasteiger partial charge in [0.25, 0.3) is 0 Å². The van der Waals surface area contributed by atoms with Gasteiger partial charge in [-0.25, -0.2) is 9.78 Å². The van der Waals surface area contributed by atoms with Crippen LogP contribution in [0.1, 0.15) is 29.3 Å². The number of hydrogen-bond donors (Lipinski definition) is 1. The summed E-state index contributed by atoms with van der Waals surface area (Å²) in [4.78, 5) is 19.4. The number of amides is 2. The molecule has 0 saturated carbocycles. The van der Waals surface area contributed by atoms with E-state index in [0.29, 0.717) is 12.5 Å². The number of hydrogen-bond acceptors (Lipinski definition) is 4. The maximum atomic E-state index is 12.7. The van der Waals surface area contributed by atoms with Crippen molar-refractivity contribution in [3.8, 4) is 5.75 Å². The van der Waals surface area contributed by atoms with Gasteiger partial charge in [-0.05, 0) is 43.0 Å². The molecule has 2 aliphatic heterocycles. The zero-order chi connectivity index (χ0) is 18.9. The van der Waals surface area contributed by atoms with E-state index in [-0.39, 0.29) is 12.1 Å². The molecule has 0 radical (unpaired) electrons. The van der Waals surface area contributed by atoms with Crippen molar-refractivity contribution in [2.24, 2.45) is 0 Å². The summed E-state index contributed by atoms with van der Waals surface area (Å²) in [5.74, 6) is 1.39. The Morgan fingerprint density at radius 1 is 1.11 bits per heavy atom. The molecule has 2 aliphatic rings. The molecule has 2 amide bonds. The summed E-state index contributed by atoms with van der Waals surface area (Å²) in [6, 6.07) is 16.4. The highest BCUT2D eigenvalue weighted by Crippen LogP contribution is 2.33. The van der Waals surface area contributed by atoms with Crippen molar-refractivity contribution in [2.45, 2.75) is 31.2 Å². The van der Waals surface area contributed by atoms with E-state index in [1.165, 1.54) is 9.71 Å². The van der Waals surface area contributed by atoms with Crippen LogP contribution >= 0.6 is 11.3 Å². The largest absolute Gasteiger partial charge is 0.491 e. The van der Waals surface area contributed by atoms with E-state index in [4.69, 9.17) is 9.72 Å². The Kier molecular flexibility index (Phi) is 4.64. The van der Waals surface area contributed by atoms with Crippen molar-refractivity contribution in [2.75, 3.05) is 19.7 Å². The highest BCUT2D eigenvalue weighted by molar-refractivity contribution is 7.18. The number of likely N-dealkylation sites (tertiary alicyclic amines) is 1. The number of carbonyl (C=O) groups excluding carboxylic acids is 1. The molecule has 2 aromatic carbocycles. The zero-order valence-electron chi connectivity index (χ0n) is 15.6. The number of piperidine rings is 1. The van der Waals surface area contributed by atoms with Gasteiger partial charge in [0.2, 0.25) is 0 Å². The fraction of sp³-hybridized carbons (Fsp3) is 0.364. The number of nitrogens with one attached hydrogen (secondary N) is 1. The van der Waals surface area contributed by atoms with Crippen molar-refractivity contribution in [1.29, 1.82) is 0 Å². The predicted octanol–water partition coefficient (Wildman–Crippen LogP) is 4.19. The third kappa shape index (κ3) is 3.44. The average molecular weight is 394 g/mol. The molecule has 3 heterocycles. The van der Waals surface area contributed by atoms with Gasteiger partial charge in [-0.2, -0.15) is 0 Å². The number of ether oxygens (including phenoxy) is 1. The molecule has 28 heavy (non-hydrogen) atoms. The lowest BCUT2D eigenvalue weighted by atomic mass is 9.97. The van der Waals surface area contributed by atoms with Gasteiger partial charge in [0.05, 0.1) is 21.3 Å². The molecule has 1 aromatic heterocycles. The second-order valence-electron chi connectivity index (χ2n) is 7.55. The molecule has 1 saturated heterocycles. The summed E-state index contributed by atoms with van der Waals surface area (Å²) in [7, 11) is 0. The maximum absolute atomic E-state index is 12.7. The Morgan fingerprint density at radius 2 is 1.89 bits per heavy atom. The molecular weight excluding hydrogens is 370 g/mol. The number of benzene rings is 2. The Balaban J connectivity index is 1.17. The SMILES string of the molecule is O=C(N[C@H]1COc2ccccc2C1)N1CCC(c2nc3ccccc3s2)CC1. The van der Waals surface area contributed by atoms with Crippen molar-refractivity contribution in [3.05, 3.63) is 59.1 Å². The fourth-order valence-electron chi connectivity index (χ4n) is 4.08. The first-order valence-electron chi connectivity index (χ1n) is 9.88. The summed E-state index contributed by atoms with van der Waals surface area (Å²) < 4.78 is 7.03. The Morgan fingerprint density at radius 3 is 2.75 bits per heavy atom. The summed E-state index contributed by atoms with van der Waals surface area (Å²) in [6.07, 6.45) is 2.76. The first-order chi connectivity index (χ1) is 13.8. The standard InChI is InChI=1S/C22H23N3O2S/c26-22(23-17-13-16-5-1-3-7-19(16)27-14-17)25-11-9-15(10-12-25)21-24-18-6-2-4-8-20(18)28-21/h1-8,15,17H,9-14H2,(H,23,26)/t17-/m1/s1. The molecule has 1 atom stereocenters. The number of rotatable bonds is 2. The molecule has 0 unspecified atom stereocenters. The Bertz CT molecular complexity index is 961. The summed E-state index contributed by atoms with van der Waals surface area (Å²) in [5, 5.41) is 4.36. The molecule has 0 spiro atoms. The third-order valence-electron chi connectivity index (χ3n) is 5.65. The monoisotopic (exact) mass is 393 g/mol. The molecule has 5 nitrogen and oxygen atoms in total. The molecule has 144 valence electrons. The minimum atomic E-state index is 0.0238. The zero-order valence-corrected chi connectivity index (χ0v) is 16.5. The van der Waals surface area contributed by atoms with Crippen molar-refractivity contribution in [3.63, 3.8) is 0 Å². The second-order valence-corrected chi connectivity index (χ2v) is 8.61. The van der Waals surface area contributed by atoms with Crippen LogP contribution in [0, 0.1) is 0 Å². The first-order valence-corrected chi connectivity index (χ1v) is 10.7. The van der Waals surface area contributed by atoms with Gasteiger partial charge < -0.3 is 15.0 Å². The van der Waals surface area contributed by atoms with Crippen LogP contribution in [-0.4, -0.2) is 41.7 Å². The van der Waals surface area contributed by atoms with Gasteiger partial charge in [0, 0.05) is 19.0 Å². The number of thiazole rings is 1. The smallest absolute Gasteiger partial charge is 0.317 e. The van der Waals surface area contributed by atoms with E-state index in [1.54, 1.807) is 11.3 Å². The molecular formula is C22H23N3O2S. The number of para-hydroxylation sites is 2. The van der Waals surface area contributed by atoms with Crippen LogP contribution in [0.2, 0.25) is 0 Å². The number of urea groups is 1. The summed E-state index contributed by atoms with van der Waals surface area (Å²) >= 11 is 1.79. The lowest BCUT2D eigenvalue weighted by Crippen LogP contribution is -2.50. The van der Waals surface area contributed by atoms with E-state index >= 15 is 0 Å². The van der Waals surface area contributed by atoms with Crippen LogP contribution in [-0.2, 0) is 6.42 Å². The van der Waals surface area contributed by atoms with Crippen LogP contribution in [0.25, 0.3) is 10.2 Å². The minimum absolute atomic E-state index is 0.0238. The van der Waals surface area contributed by atoms with Gasteiger partial charge in [0.15, 0.2) is 0 Å². The molecule has 5 rings (SSSR count). The summed E-state index contributed by atoms with van der Waals surface area (Å²) in [5.41, 5.74) is 2.24. The van der Waals surface area contributed by atoms with E-state index < -0.39 is 0 Å². The van der Waals surface area contributed by atoms with Crippen LogP contribution in [0.4, 0.5) is 4.79 Å². The van der Waals surface area contributed by atoms with E-state index in [1.807, 2.05) is 29.2 Å². The van der Waals surface area contributed by atoms with E-state index in [2.05, 4.69) is 29.6 Å². The van der Waals surface area contributed by atoms with Gasteiger partial charge in [-0.15, -0.1) is 11.3 Å². The minimum Gasteiger partial charge on any atom is -0.491 e. The van der Waals surface area contributed by atoms with Crippen LogP contribution in [0.15, 0.2) is 48.5 Å². The normalized spacial score (nSPS) is 19.9. The lowest BCUT2D eigenvalue weighted by molar-refractivity contribution is 0.167. The number of carbonyl (C=O) groups is 1. The van der Waals surface area contributed by atoms with Crippen molar-refractivity contribution < 1.29 is 9.53 Å². The Labute approximate surface area is 168 Å². The predicted molar refractivity (Wildman–Crippen MR) is 111 cm³/mol. The highest BCUT2D eigenvalue weighted by Gasteiger charge is 2.28. The van der Waals surface area contributed by atoms with Crippen molar-refractivity contribution >= 4 is 27.6 Å². The van der Waals surface area contributed by atoms with Crippen molar-refractivity contribution in [1.82, 2.24) is 15.2 Å². The topological polar surface area (TPSA) is 54.5 Å². The second kappa shape index (κ2) is 7.43. The van der Waals surface area contributed by atoms with Crippen LogP contribution in [0.5, 0.6) is 5.75 Å². The number of aromatic nitrogens is 1. The van der Waals surface area contributed by atoms with Crippen LogP contribution in [0.3, 0.4) is 0 Å². The molecule has 0 aliphatic carbocycles. The van der Waals surface area contributed by atoms with Gasteiger partial charge in [0.1, 0.15) is 12.4 Å². The molecule has 0 bridgehead atoms. The number of fused-ring (bicyclic) bond motifs is 2. The van der Waals surface area contributed by atoms with Gasteiger partial charge >= 0.3 is 6.03 Å². The van der Waals surface area contributed by atoms with Gasteiger partial charge in [-0.3, -0.25) is 0 Å². The molecule has 6 heteroatoms. The number of nitrogens with zero attached hydrogens (tertiary/aromatic N) is 2. The third-order valence-corrected chi connectivity index (χ3v) is 6.85. The maximum Gasteiger partial charge on any atom is 0.317 e. The molecule has 3 aromatic rings. The fourth-order valence-corrected chi connectivity index (χ4v) is 5.22. The Hall–Kier alpha value is -2.60. The first kappa shape index (κ1) is 17.5. The average Bonchev–Trinajstić information content (AvgIpc) is 3.18. The molecule has 1 fully saturated rings.